The summed E-state index contributed by atoms with van der Waals surface area (Å²) in [4.78, 5) is 4.03. The van der Waals surface area contributed by atoms with Gasteiger partial charge in [-0.2, -0.15) is 0 Å². The number of rotatable bonds is 5. The molecular weight excluding hydrogens is 257 g/mol. The molecule has 0 spiro atoms. The van der Waals surface area contributed by atoms with Crippen molar-refractivity contribution in [1.29, 1.82) is 0 Å². The van der Waals surface area contributed by atoms with E-state index in [9.17, 15) is 4.39 Å². The van der Waals surface area contributed by atoms with Crippen molar-refractivity contribution in [2.24, 2.45) is 0 Å². The summed E-state index contributed by atoms with van der Waals surface area (Å²) in [5, 5.41) is 6.21. The second kappa shape index (κ2) is 6.05. The van der Waals surface area contributed by atoms with Crippen LogP contribution < -0.4 is 10.6 Å². The lowest BCUT2D eigenvalue weighted by Crippen LogP contribution is -2.35. The molecule has 4 nitrogen and oxygen atoms in total. The van der Waals surface area contributed by atoms with E-state index in [1.807, 2.05) is 26.8 Å². The second-order valence-corrected chi connectivity index (χ2v) is 5.67. The number of hydrogen-bond donors (Lipinski definition) is 2. The van der Waals surface area contributed by atoms with Crippen LogP contribution >= 0.6 is 0 Å². The summed E-state index contributed by atoms with van der Waals surface area (Å²) < 4.78 is 19.5. The number of halogens is 1. The molecule has 2 heterocycles. The molecule has 0 saturated carbocycles. The van der Waals surface area contributed by atoms with E-state index in [-0.39, 0.29) is 17.2 Å². The molecule has 5 heteroatoms. The normalized spacial score (nSPS) is 11.6. The molecule has 2 aromatic rings. The Morgan fingerprint density at radius 3 is 2.70 bits per heavy atom. The van der Waals surface area contributed by atoms with Gasteiger partial charge in [0.15, 0.2) is 11.6 Å². The minimum absolute atomic E-state index is 0.0581. The van der Waals surface area contributed by atoms with E-state index < -0.39 is 0 Å². The maximum absolute atomic E-state index is 14.3. The van der Waals surface area contributed by atoms with Crippen molar-refractivity contribution in [1.82, 2.24) is 10.3 Å². The summed E-state index contributed by atoms with van der Waals surface area (Å²) in [7, 11) is 0. The third-order valence-corrected chi connectivity index (χ3v) is 2.79. The van der Waals surface area contributed by atoms with Crippen molar-refractivity contribution in [3.8, 4) is 0 Å². The van der Waals surface area contributed by atoms with Crippen molar-refractivity contribution in [3.05, 3.63) is 47.8 Å². The first-order chi connectivity index (χ1) is 9.46. The summed E-state index contributed by atoms with van der Waals surface area (Å²) in [5.41, 5.74) is 0.536. The molecule has 2 N–H and O–H groups in total. The molecule has 0 unspecified atom stereocenters. The molecule has 0 fully saturated rings. The van der Waals surface area contributed by atoms with Gasteiger partial charge in [-0.15, -0.1) is 0 Å². The molecular formula is C15H20FN3O. The predicted octanol–water partition coefficient (Wildman–Crippen LogP) is 3.31. The Bertz CT molecular complexity index is 547. The van der Waals surface area contributed by atoms with Crippen molar-refractivity contribution < 1.29 is 8.81 Å². The van der Waals surface area contributed by atoms with E-state index in [4.69, 9.17) is 4.42 Å². The van der Waals surface area contributed by atoms with E-state index in [1.165, 1.54) is 0 Å². The Balaban J connectivity index is 2.03. The fourth-order valence-corrected chi connectivity index (χ4v) is 1.69. The maximum atomic E-state index is 14.3. The summed E-state index contributed by atoms with van der Waals surface area (Å²) in [6.07, 6.45) is 3.19. The number of pyridine rings is 1. The largest absolute Gasteiger partial charge is 0.467 e. The van der Waals surface area contributed by atoms with Gasteiger partial charge in [-0.25, -0.2) is 9.37 Å². The Kier molecular flexibility index (Phi) is 4.39. The van der Waals surface area contributed by atoms with Gasteiger partial charge in [-0.05, 0) is 39.0 Å². The fourth-order valence-electron chi connectivity index (χ4n) is 1.69. The molecule has 2 aromatic heterocycles. The predicted molar refractivity (Wildman–Crippen MR) is 76.8 cm³/mol. The molecule has 0 amide bonds. The second-order valence-electron chi connectivity index (χ2n) is 5.67. The van der Waals surface area contributed by atoms with E-state index >= 15 is 0 Å². The highest BCUT2D eigenvalue weighted by molar-refractivity contribution is 5.40. The highest BCUT2D eigenvalue weighted by Gasteiger charge is 2.13. The average molecular weight is 277 g/mol. The third kappa shape index (κ3) is 4.06. The van der Waals surface area contributed by atoms with Crippen LogP contribution in [0.1, 0.15) is 32.1 Å². The lowest BCUT2D eigenvalue weighted by molar-refractivity contribution is 0.418. The highest BCUT2D eigenvalue weighted by atomic mass is 19.1. The van der Waals surface area contributed by atoms with Crippen LogP contribution in [0.4, 0.5) is 10.2 Å². The monoisotopic (exact) mass is 277 g/mol. The summed E-state index contributed by atoms with van der Waals surface area (Å²) in [5.74, 6) is 0.662. The first-order valence-electron chi connectivity index (χ1n) is 6.60. The zero-order chi connectivity index (χ0) is 14.6. The van der Waals surface area contributed by atoms with Crippen LogP contribution in [0.15, 0.2) is 35.1 Å². The molecule has 2 rings (SSSR count). The number of anilines is 1. The Morgan fingerprint density at radius 2 is 2.05 bits per heavy atom. The quantitative estimate of drug-likeness (QED) is 0.880. The average Bonchev–Trinajstić information content (AvgIpc) is 2.88. The van der Waals surface area contributed by atoms with E-state index in [0.717, 1.165) is 5.76 Å². The van der Waals surface area contributed by atoms with Crippen LogP contribution in [0.2, 0.25) is 0 Å². The highest BCUT2D eigenvalue weighted by Crippen LogP contribution is 2.17. The molecule has 20 heavy (non-hydrogen) atoms. The minimum atomic E-state index is -0.323. The Morgan fingerprint density at radius 1 is 1.25 bits per heavy atom. The molecule has 0 aliphatic rings. The minimum Gasteiger partial charge on any atom is -0.467 e. The van der Waals surface area contributed by atoms with Crippen LogP contribution in [-0.4, -0.2) is 10.5 Å². The van der Waals surface area contributed by atoms with Gasteiger partial charge in [0, 0.05) is 23.8 Å². The van der Waals surface area contributed by atoms with Gasteiger partial charge in [-0.1, -0.05) is 0 Å². The van der Waals surface area contributed by atoms with Crippen LogP contribution in [-0.2, 0) is 13.1 Å². The number of nitrogens with zero attached hydrogens (tertiary/aromatic N) is 1. The van der Waals surface area contributed by atoms with E-state index in [1.54, 1.807) is 24.6 Å². The summed E-state index contributed by atoms with van der Waals surface area (Å²) in [6.45, 7) is 7.01. The van der Waals surface area contributed by atoms with Gasteiger partial charge < -0.3 is 15.1 Å². The number of nitrogens with one attached hydrogen (secondary N) is 2. The first-order valence-corrected chi connectivity index (χ1v) is 6.60. The van der Waals surface area contributed by atoms with Crippen molar-refractivity contribution in [3.63, 3.8) is 0 Å². The van der Waals surface area contributed by atoms with Crippen LogP contribution in [0, 0.1) is 5.82 Å². The Labute approximate surface area is 118 Å². The number of aromatic nitrogens is 1. The van der Waals surface area contributed by atoms with Gasteiger partial charge >= 0.3 is 0 Å². The third-order valence-electron chi connectivity index (χ3n) is 2.79. The topological polar surface area (TPSA) is 50.1 Å². The van der Waals surface area contributed by atoms with Gasteiger partial charge in [0.2, 0.25) is 0 Å². The van der Waals surface area contributed by atoms with Gasteiger partial charge in [0.05, 0.1) is 12.8 Å². The molecule has 108 valence electrons. The van der Waals surface area contributed by atoms with Crippen molar-refractivity contribution in [2.75, 3.05) is 5.32 Å². The molecule has 0 atom stereocenters. The molecule has 0 bridgehead atoms. The first kappa shape index (κ1) is 14.5. The smallest absolute Gasteiger partial charge is 0.169 e. The molecule has 0 saturated heterocycles. The molecule has 0 aliphatic heterocycles. The lowest BCUT2D eigenvalue weighted by atomic mass is 10.1. The van der Waals surface area contributed by atoms with E-state index in [0.29, 0.717) is 18.7 Å². The number of hydrogen-bond acceptors (Lipinski definition) is 4. The zero-order valence-electron chi connectivity index (χ0n) is 12.0. The van der Waals surface area contributed by atoms with E-state index in [2.05, 4.69) is 15.6 Å². The van der Waals surface area contributed by atoms with Crippen LogP contribution in [0.5, 0.6) is 0 Å². The molecule has 0 radical (unpaired) electrons. The number of furan rings is 1. The van der Waals surface area contributed by atoms with Crippen LogP contribution in [0.3, 0.4) is 0 Å². The van der Waals surface area contributed by atoms with Gasteiger partial charge in [0.25, 0.3) is 0 Å². The molecule has 0 aliphatic carbocycles. The van der Waals surface area contributed by atoms with Gasteiger partial charge in [0.1, 0.15) is 5.76 Å². The standard InChI is InChI=1S/C15H20FN3O/c1-15(2,3)19-9-11-6-7-17-14(13(11)16)18-10-12-5-4-8-20-12/h4-8,19H,9-10H2,1-3H3,(H,17,18). The van der Waals surface area contributed by atoms with Crippen molar-refractivity contribution >= 4 is 5.82 Å². The van der Waals surface area contributed by atoms with Crippen LogP contribution in [0.25, 0.3) is 0 Å². The maximum Gasteiger partial charge on any atom is 0.169 e. The zero-order valence-corrected chi connectivity index (χ0v) is 12.0. The fraction of sp³-hybridized carbons (Fsp3) is 0.400. The molecule has 0 aromatic carbocycles. The SMILES string of the molecule is CC(C)(C)NCc1ccnc(NCc2ccco2)c1F. The lowest BCUT2D eigenvalue weighted by Gasteiger charge is -2.21. The summed E-state index contributed by atoms with van der Waals surface area (Å²) in [6, 6.07) is 5.31. The Hall–Kier alpha value is -1.88. The van der Waals surface area contributed by atoms with Crippen molar-refractivity contribution in [2.45, 2.75) is 39.4 Å². The summed E-state index contributed by atoms with van der Waals surface area (Å²) >= 11 is 0. The van der Waals surface area contributed by atoms with Gasteiger partial charge in [-0.3, -0.25) is 0 Å².